The Hall–Kier alpha value is -1.99. The van der Waals surface area contributed by atoms with E-state index < -0.39 is 0 Å². The summed E-state index contributed by atoms with van der Waals surface area (Å²) in [4.78, 5) is 13.6. The Morgan fingerprint density at radius 3 is 2.72 bits per heavy atom. The molecule has 25 heavy (non-hydrogen) atoms. The van der Waals surface area contributed by atoms with Crippen LogP contribution in [0, 0.1) is 18.8 Å². The lowest BCUT2D eigenvalue weighted by Gasteiger charge is -2.21. The summed E-state index contributed by atoms with van der Waals surface area (Å²) in [5.41, 5.74) is 3.44. The van der Waals surface area contributed by atoms with E-state index in [0.29, 0.717) is 6.61 Å². The van der Waals surface area contributed by atoms with Gasteiger partial charge in [-0.2, -0.15) is 5.10 Å². The number of aromatic nitrogens is 4. The second kappa shape index (κ2) is 6.07. The zero-order valence-electron chi connectivity index (χ0n) is 14.6. The van der Waals surface area contributed by atoms with Gasteiger partial charge in [0.05, 0.1) is 31.1 Å². The number of fused-ring (bicyclic) bond motifs is 2. The Balaban J connectivity index is 1.21. The van der Waals surface area contributed by atoms with Crippen molar-refractivity contribution in [3.8, 4) is 0 Å². The van der Waals surface area contributed by atoms with E-state index in [1.165, 1.54) is 11.4 Å². The number of hydrogen-bond acceptors (Lipinski definition) is 6. The molecule has 0 aromatic carbocycles. The van der Waals surface area contributed by atoms with Crippen LogP contribution < -0.4 is 4.90 Å². The lowest BCUT2D eigenvalue weighted by molar-refractivity contribution is 0.0799. The van der Waals surface area contributed by atoms with Gasteiger partial charge in [-0.25, -0.2) is 9.97 Å². The fraction of sp³-hybridized carbons (Fsp3) is 0.611. The molecule has 7 nitrogen and oxygen atoms in total. The highest BCUT2D eigenvalue weighted by Gasteiger charge is 2.40. The Labute approximate surface area is 147 Å². The first-order chi connectivity index (χ1) is 12.2. The highest BCUT2D eigenvalue weighted by atomic mass is 16.5. The predicted molar refractivity (Wildman–Crippen MR) is 93.1 cm³/mol. The van der Waals surface area contributed by atoms with Crippen LogP contribution in [0.1, 0.15) is 17.1 Å². The third-order valence-electron chi connectivity index (χ3n) is 5.67. The highest BCUT2D eigenvalue weighted by molar-refractivity contribution is 5.40. The lowest BCUT2D eigenvalue weighted by atomic mass is 10.0. The Bertz CT molecular complexity index is 737. The zero-order valence-corrected chi connectivity index (χ0v) is 14.6. The number of hydrogen-bond donors (Lipinski definition) is 0. The minimum atomic E-state index is 0.700. The molecule has 0 radical (unpaired) electrons. The molecule has 0 spiro atoms. The van der Waals surface area contributed by atoms with Gasteiger partial charge in [0.1, 0.15) is 12.1 Å². The summed E-state index contributed by atoms with van der Waals surface area (Å²) in [5, 5.41) is 4.75. The number of likely N-dealkylation sites (tertiary alicyclic amines) is 1. The molecule has 3 aliphatic rings. The third-order valence-corrected chi connectivity index (χ3v) is 5.67. The fourth-order valence-electron chi connectivity index (χ4n) is 4.48. The van der Waals surface area contributed by atoms with Crippen molar-refractivity contribution in [2.24, 2.45) is 11.8 Å². The normalized spacial score (nSPS) is 26.0. The van der Waals surface area contributed by atoms with E-state index in [-0.39, 0.29) is 0 Å². The van der Waals surface area contributed by atoms with Gasteiger partial charge in [0, 0.05) is 44.5 Å². The van der Waals surface area contributed by atoms with E-state index in [0.717, 1.165) is 69.2 Å². The second-order valence-electron chi connectivity index (χ2n) is 7.54. The summed E-state index contributed by atoms with van der Waals surface area (Å²) in [6, 6.07) is 4.31. The van der Waals surface area contributed by atoms with Crippen LogP contribution in [0.3, 0.4) is 0 Å². The van der Waals surface area contributed by atoms with Gasteiger partial charge < -0.3 is 9.64 Å². The predicted octanol–water partition coefficient (Wildman–Crippen LogP) is 1.08. The molecule has 7 heteroatoms. The minimum Gasteiger partial charge on any atom is -0.373 e. The summed E-state index contributed by atoms with van der Waals surface area (Å²) >= 11 is 0. The third kappa shape index (κ3) is 2.91. The van der Waals surface area contributed by atoms with Crippen LogP contribution >= 0.6 is 0 Å². The molecule has 132 valence electrons. The van der Waals surface area contributed by atoms with Crippen molar-refractivity contribution >= 4 is 5.82 Å². The smallest absolute Gasteiger partial charge is 0.132 e. The summed E-state index contributed by atoms with van der Waals surface area (Å²) in [5.74, 6) is 2.54. The molecule has 2 atom stereocenters. The lowest BCUT2D eigenvalue weighted by Crippen LogP contribution is -2.29. The summed E-state index contributed by atoms with van der Waals surface area (Å²) in [6.07, 6.45) is 1.68. The molecular weight excluding hydrogens is 316 g/mol. The average Bonchev–Trinajstić information content (AvgIpc) is 3.27. The summed E-state index contributed by atoms with van der Waals surface area (Å²) in [7, 11) is 0. The standard InChI is InChI=1S/C18H24N6O/c1-13-4-18(20-12-19-13)23-8-14-6-22(7-15(14)9-23)10-16-5-17-11-25-3-2-24(17)21-16/h4-5,12,14-15H,2-3,6-11H2,1H3. The van der Waals surface area contributed by atoms with Crippen molar-refractivity contribution in [1.29, 1.82) is 0 Å². The van der Waals surface area contributed by atoms with Gasteiger partial charge >= 0.3 is 0 Å². The first kappa shape index (κ1) is 15.3. The monoisotopic (exact) mass is 340 g/mol. The van der Waals surface area contributed by atoms with E-state index in [2.05, 4.69) is 36.6 Å². The molecule has 2 unspecified atom stereocenters. The molecule has 5 rings (SSSR count). The molecule has 0 amide bonds. The Morgan fingerprint density at radius 2 is 1.96 bits per heavy atom. The first-order valence-electron chi connectivity index (χ1n) is 9.14. The molecule has 0 saturated carbocycles. The molecule has 3 aliphatic heterocycles. The maximum atomic E-state index is 5.51. The van der Waals surface area contributed by atoms with Crippen LogP contribution in [-0.4, -0.2) is 57.4 Å². The summed E-state index contributed by atoms with van der Waals surface area (Å²) in [6.45, 7) is 9.86. The van der Waals surface area contributed by atoms with Crippen molar-refractivity contribution in [2.75, 3.05) is 37.7 Å². The maximum Gasteiger partial charge on any atom is 0.132 e. The average molecular weight is 340 g/mol. The second-order valence-corrected chi connectivity index (χ2v) is 7.54. The van der Waals surface area contributed by atoms with Crippen LogP contribution in [-0.2, 0) is 24.4 Å². The number of anilines is 1. The first-order valence-corrected chi connectivity index (χ1v) is 9.14. The molecule has 2 aromatic heterocycles. The fourth-order valence-corrected chi connectivity index (χ4v) is 4.48. The van der Waals surface area contributed by atoms with Gasteiger partial charge in [0.25, 0.3) is 0 Å². The number of aryl methyl sites for hydroxylation is 1. The van der Waals surface area contributed by atoms with Crippen LogP contribution in [0.4, 0.5) is 5.82 Å². The van der Waals surface area contributed by atoms with Crippen molar-refractivity contribution in [2.45, 2.75) is 26.6 Å². The van der Waals surface area contributed by atoms with Crippen LogP contribution in [0.5, 0.6) is 0 Å². The SMILES string of the molecule is Cc1cc(N2CC3CN(Cc4cc5n(n4)CCOC5)CC3C2)ncn1. The van der Waals surface area contributed by atoms with Crippen LogP contribution in [0.2, 0.25) is 0 Å². The Kier molecular flexibility index (Phi) is 3.71. The minimum absolute atomic E-state index is 0.700. The molecular formula is C18H24N6O. The van der Waals surface area contributed by atoms with E-state index in [1.807, 2.05) is 6.92 Å². The molecule has 5 heterocycles. The Morgan fingerprint density at radius 1 is 1.12 bits per heavy atom. The van der Waals surface area contributed by atoms with Crippen molar-refractivity contribution in [3.63, 3.8) is 0 Å². The van der Waals surface area contributed by atoms with Gasteiger partial charge in [-0.15, -0.1) is 0 Å². The van der Waals surface area contributed by atoms with Gasteiger partial charge in [0.15, 0.2) is 0 Å². The summed E-state index contributed by atoms with van der Waals surface area (Å²) < 4.78 is 7.62. The van der Waals surface area contributed by atoms with E-state index in [4.69, 9.17) is 9.84 Å². The number of ether oxygens (including phenoxy) is 1. The molecule has 0 bridgehead atoms. The highest BCUT2D eigenvalue weighted by Crippen LogP contribution is 2.33. The van der Waals surface area contributed by atoms with Crippen molar-refractivity contribution in [3.05, 3.63) is 35.5 Å². The molecule has 2 fully saturated rings. The van der Waals surface area contributed by atoms with Crippen LogP contribution in [0.15, 0.2) is 18.5 Å². The number of rotatable bonds is 3. The molecule has 2 saturated heterocycles. The van der Waals surface area contributed by atoms with Gasteiger partial charge in [-0.05, 0) is 24.8 Å². The van der Waals surface area contributed by atoms with E-state index in [1.54, 1.807) is 6.33 Å². The largest absolute Gasteiger partial charge is 0.373 e. The topological polar surface area (TPSA) is 59.3 Å². The van der Waals surface area contributed by atoms with E-state index in [9.17, 15) is 0 Å². The number of nitrogens with zero attached hydrogens (tertiary/aromatic N) is 6. The van der Waals surface area contributed by atoms with Gasteiger partial charge in [-0.3, -0.25) is 9.58 Å². The molecule has 0 aliphatic carbocycles. The molecule has 2 aromatic rings. The van der Waals surface area contributed by atoms with Crippen molar-refractivity contribution < 1.29 is 4.74 Å². The van der Waals surface area contributed by atoms with Crippen LogP contribution in [0.25, 0.3) is 0 Å². The van der Waals surface area contributed by atoms with Gasteiger partial charge in [0.2, 0.25) is 0 Å². The van der Waals surface area contributed by atoms with E-state index >= 15 is 0 Å². The molecule has 0 N–H and O–H groups in total. The van der Waals surface area contributed by atoms with Crippen molar-refractivity contribution in [1.82, 2.24) is 24.6 Å². The zero-order chi connectivity index (χ0) is 16.8. The van der Waals surface area contributed by atoms with Gasteiger partial charge in [-0.1, -0.05) is 0 Å². The quantitative estimate of drug-likeness (QED) is 0.833. The maximum absolute atomic E-state index is 5.51.